The standard InChI is InChI=1S/C25H26N6O3/c1-14(28-22-17-9-6-10-18(24(33)34)21(17)26-13-27-22)15-7-5-8-16(11-15)29-23(32)19-12-20(31-30-19)25(2,3)4/h5-14H,1-4H3,(H,29,32)(H,30,31)(H,33,34)(H,26,27,28). The van der Waals surface area contributed by atoms with Gasteiger partial charge in [0.2, 0.25) is 0 Å². The Morgan fingerprint density at radius 2 is 1.82 bits per heavy atom. The molecule has 34 heavy (non-hydrogen) atoms. The number of carbonyl (C=O) groups is 2. The van der Waals surface area contributed by atoms with Gasteiger partial charge in [0.15, 0.2) is 5.69 Å². The molecule has 0 aliphatic heterocycles. The summed E-state index contributed by atoms with van der Waals surface area (Å²) in [6, 6.07) is 14.0. The van der Waals surface area contributed by atoms with Crippen LogP contribution in [-0.4, -0.2) is 37.1 Å². The number of aromatic amines is 1. The number of H-pyrrole nitrogens is 1. The van der Waals surface area contributed by atoms with E-state index in [1.54, 1.807) is 18.2 Å². The average Bonchev–Trinajstić information content (AvgIpc) is 3.30. The Hall–Kier alpha value is -4.27. The highest BCUT2D eigenvalue weighted by Crippen LogP contribution is 2.27. The van der Waals surface area contributed by atoms with Crippen molar-refractivity contribution in [1.82, 2.24) is 20.2 Å². The van der Waals surface area contributed by atoms with Crippen LogP contribution in [0, 0.1) is 0 Å². The minimum Gasteiger partial charge on any atom is -0.478 e. The number of fused-ring (bicyclic) bond motifs is 1. The summed E-state index contributed by atoms with van der Waals surface area (Å²) in [5.41, 5.74) is 3.11. The van der Waals surface area contributed by atoms with Gasteiger partial charge in [-0.3, -0.25) is 9.89 Å². The van der Waals surface area contributed by atoms with E-state index in [9.17, 15) is 14.7 Å². The average molecular weight is 459 g/mol. The van der Waals surface area contributed by atoms with Crippen LogP contribution in [0.5, 0.6) is 0 Å². The molecule has 1 amide bonds. The van der Waals surface area contributed by atoms with E-state index in [1.165, 1.54) is 12.4 Å². The Morgan fingerprint density at radius 1 is 1.06 bits per heavy atom. The van der Waals surface area contributed by atoms with Crippen molar-refractivity contribution in [2.45, 2.75) is 39.2 Å². The first-order valence-electron chi connectivity index (χ1n) is 10.8. The number of aromatic nitrogens is 4. The summed E-state index contributed by atoms with van der Waals surface area (Å²) in [5, 5.41) is 23.3. The fraction of sp³-hybridized carbons (Fsp3) is 0.240. The second kappa shape index (κ2) is 8.93. The molecule has 4 aromatic rings. The molecule has 0 fully saturated rings. The molecule has 2 aromatic heterocycles. The number of hydrogen-bond acceptors (Lipinski definition) is 6. The van der Waals surface area contributed by atoms with Crippen LogP contribution in [0.4, 0.5) is 11.5 Å². The molecule has 1 unspecified atom stereocenters. The first-order chi connectivity index (χ1) is 16.1. The van der Waals surface area contributed by atoms with Crippen molar-refractivity contribution in [2.24, 2.45) is 0 Å². The molecule has 4 rings (SSSR count). The Bertz CT molecular complexity index is 1370. The third-order valence-electron chi connectivity index (χ3n) is 5.51. The highest BCUT2D eigenvalue weighted by atomic mass is 16.4. The summed E-state index contributed by atoms with van der Waals surface area (Å²) < 4.78 is 0. The molecule has 2 aromatic carbocycles. The quantitative estimate of drug-likeness (QED) is 0.327. The fourth-order valence-corrected chi connectivity index (χ4v) is 3.57. The lowest BCUT2D eigenvalue weighted by molar-refractivity contribution is 0.0698. The predicted molar refractivity (Wildman–Crippen MR) is 130 cm³/mol. The van der Waals surface area contributed by atoms with Crippen molar-refractivity contribution in [3.8, 4) is 0 Å². The number of nitrogens with zero attached hydrogens (tertiary/aromatic N) is 3. The number of carboxylic acids is 1. The van der Waals surface area contributed by atoms with Gasteiger partial charge in [-0.05, 0) is 42.8 Å². The summed E-state index contributed by atoms with van der Waals surface area (Å²) in [6.07, 6.45) is 1.34. The molecule has 174 valence electrons. The molecule has 4 N–H and O–H groups in total. The topological polar surface area (TPSA) is 133 Å². The van der Waals surface area contributed by atoms with Crippen molar-refractivity contribution in [1.29, 1.82) is 0 Å². The molecular weight excluding hydrogens is 432 g/mol. The summed E-state index contributed by atoms with van der Waals surface area (Å²) >= 11 is 0. The molecule has 0 bridgehead atoms. The lowest BCUT2D eigenvalue weighted by Crippen LogP contribution is -2.14. The van der Waals surface area contributed by atoms with E-state index in [0.29, 0.717) is 28.1 Å². The van der Waals surface area contributed by atoms with E-state index in [-0.39, 0.29) is 22.9 Å². The normalized spacial score (nSPS) is 12.4. The number of hydrogen-bond donors (Lipinski definition) is 4. The predicted octanol–water partition coefficient (Wildman–Crippen LogP) is 4.77. The molecule has 0 aliphatic rings. The molecule has 1 atom stereocenters. The van der Waals surface area contributed by atoms with Gasteiger partial charge in [-0.1, -0.05) is 39.0 Å². The maximum absolute atomic E-state index is 12.7. The van der Waals surface area contributed by atoms with E-state index in [0.717, 1.165) is 11.3 Å². The minimum atomic E-state index is -1.04. The number of nitrogens with one attached hydrogen (secondary N) is 3. The Labute approximate surface area is 196 Å². The molecule has 0 saturated heterocycles. The van der Waals surface area contributed by atoms with Gasteiger partial charge >= 0.3 is 5.97 Å². The van der Waals surface area contributed by atoms with Gasteiger partial charge in [0.1, 0.15) is 12.1 Å². The third-order valence-corrected chi connectivity index (χ3v) is 5.51. The molecule has 9 nitrogen and oxygen atoms in total. The van der Waals surface area contributed by atoms with Crippen molar-refractivity contribution >= 4 is 34.3 Å². The first kappa shape index (κ1) is 22.9. The summed E-state index contributed by atoms with van der Waals surface area (Å²) in [6.45, 7) is 8.09. The maximum Gasteiger partial charge on any atom is 0.337 e. The lowest BCUT2D eigenvalue weighted by atomic mass is 9.92. The zero-order valence-electron chi connectivity index (χ0n) is 19.4. The Kier molecular flexibility index (Phi) is 6.02. The summed E-state index contributed by atoms with van der Waals surface area (Å²) in [5.74, 6) is -0.813. The van der Waals surface area contributed by atoms with Crippen LogP contribution in [-0.2, 0) is 5.41 Å². The van der Waals surface area contributed by atoms with Crippen LogP contribution in [0.2, 0.25) is 0 Å². The smallest absolute Gasteiger partial charge is 0.337 e. The van der Waals surface area contributed by atoms with Gasteiger partial charge in [0, 0.05) is 22.2 Å². The second-order valence-electron chi connectivity index (χ2n) is 9.09. The number of rotatable bonds is 6. The van der Waals surface area contributed by atoms with Gasteiger partial charge in [-0.15, -0.1) is 0 Å². The van der Waals surface area contributed by atoms with E-state index in [1.807, 2.05) is 52.0 Å². The van der Waals surface area contributed by atoms with E-state index >= 15 is 0 Å². The van der Waals surface area contributed by atoms with Crippen molar-refractivity contribution < 1.29 is 14.7 Å². The van der Waals surface area contributed by atoms with Crippen LogP contribution < -0.4 is 10.6 Å². The SMILES string of the molecule is CC(Nc1ncnc2c(C(=O)O)cccc12)c1cccc(NC(=O)c2cc(C(C)(C)C)[nH]n2)c1. The van der Waals surface area contributed by atoms with Gasteiger partial charge in [-0.25, -0.2) is 14.8 Å². The first-order valence-corrected chi connectivity index (χ1v) is 10.8. The molecule has 0 spiro atoms. The van der Waals surface area contributed by atoms with E-state index in [2.05, 4.69) is 30.8 Å². The van der Waals surface area contributed by atoms with E-state index in [4.69, 9.17) is 0 Å². The zero-order chi connectivity index (χ0) is 24.5. The van der Waals surface area contributed by atoms with Crippen molar-refractivity contribution in [3.05, 3.63) is 77.4 Å². The summed E-state index contributed by atoms with van der Waals surface area (Å²) in [7, 11) is 0. The molecule has 0 saturated carbocycles. The van der Waals surface area contributed by atoms with Crippen LogP contribution in [0.25, 0.3) is 10.9 Å². The van der Waals surface area contributed by atoms with Crippen LogP contribution in [0.3, 0.4) is 0 Å². The number of benzene rings is 2. The Balaban J connectivity index is 1.53. The molecule has 2 heterocycles. The Morgan fingerprint density at radius 3 is 2.53 bits per heavy atom. The monoisotopic (exact) mass is 458 g/mol. The number of aromatic carboxylic acids is 1. The largest absolute Gasteiger partial charge is 0.478 e. The maximum atomic E-state index is 12.7. The van der Waals surface area contributed by atoms with Gasteiger partial charge in [0.25, 0.3) is 5.91 Å². The molecule has 0 aliphatic carbocycles. The molecule has 9 heteroatoms. The number of anilines is 2. The fourth-order valence-electron chi connectivity index (χ4n) is 3.57. The van der Waals surface area contributed by atoms with Crippen molar-refractivity contribution in [3.63, 3.8) is 0 Å². The molecular formula is C25H26N6O3. The van der Waals surface area contributed by atoms with Crippen LogP contribution >= 0.6 is 0 Å². The number of carbonyl (C=O) groups excluding carboxylic acids is 1. The number of amides is 1. The van der Waals surface area contributed by atoms with Crippen LogP contribution in [0.15, 0.2) is 54.9 Å². The second-order valence-corrected chi connectivity index (χ2v) is 9.09. The van der Waals surface area contributed by atoms with Crippen molar-refractivity contribution in [2.75, 3.05) is 10.6 Å². The highest BCUT2D eigenvalue weighted by Gasteiger charge is 2.20. The van der Waals surface area contributed by atoms with Gasteiger partial charge in [0.05, 0.1) is 17.1 Å². The van der Waals surface area contributed by atoms with Crippen LogP contribution in [0.1, 0.15) is 65.8 Å². The van der Waals surface area contributed by atoms with E-state index < -0.39 is 5.97 Å². The number of para-hydroxylation sites is 1. The van der Waals surface area contributed by atoms with Gasteiger partial charge in [-0.2, -0.15) is 5.10 Å². The third kappa shape index (κ3) is 4.73. The molecule has 0 radical (unpaired) electrons. The zero-order valence-corrected chi connectivity index (χ0v) is 19.4. The van der Waals surface area contributed by atoms with Gasteiger partial charge < -0.3 is 15.7 Å². The minimum absolute atomic E-state index is 0.119. The number of carboxylic acid groups (broad SMARTS) is 1. The highest BCUT2D eigenvalue weighted by molar-refractivity contribution is 6.04. The lowest BCUT2D eigenvalue weighted by Gasteiger charge is -2.17. The summed E-state index contributed by atoms with van der Waals surface area (Å²) in [4.78, 5) is 32.7.